The van der Waals surface area contributed by atoms with Crippen molar-refractivity contribution < 1.29 is 13.0 Å². The van der Waals surface area contributed by atoms with Crippen LogP contribution in [0.25, 0.3) is 83.9 Å². The molecule has 0 radical (unpaired) electrons. The molecule has 2 heterocycles. The van der Waals surface area contributed by atoms with Gasteiger partial charge in [-0.15, -0.1) is 0 Å². The van der Waals surface area contributed by atoms with Gasteiger partial charge in [0.2, 0.25) is 0 Å². The minimum Gasteiger partial charge on any atom is -0.496 e. The number of methoxy groups -OCH3 is 1. The van der Waals surface area contributed by atoms with E-state index in [2.05, 4.69) is 80.8 Å². The number of ether oxygens (including phenoxy) is 1. The Morgan fingerprint density at radius 1 is 0.541 bits per heavy atom. The number of fused-ring (bicyclic) bond motifs is 1. The number of pyridine rings is 1. The highest BCUT2D eigenvalue weighted by molar-refractivity contribution is 5.98. The summed E-state index contributed by atoms with van der Waals surface area (Å²) in [6, 6.07) is 51.5. The van der Waals surface area contributed by atoms with Crippen molar-refractivity contribution in [1.82, 2.24) is 14.5 Å². The molecular formula is C57H51N3O. The SMILES string of the molecule is [2H]C([2H])([2H])c1ccc(-c2ccnc(-c3cc(-c4cccc5c4nc(-c4cc(C)cc(C)c4OC)n5-c4cc(-c5ccccc5)c(C([2H])([2H])[2H])cc4-c4ccccc4)cc(C(C)(C)C)c3)c2)cc1. The summed E-state index contributed by atoms with van der Waals surface area (Å²) >= 11 is 0. The minimum absolute atomic E-state index is 0.235. The largest absolute Gasteiger partial charge is 0.496 e. The Hall–Kier alpha value is -7.04. The summed E-state index contributed by atoms with van der Waals surface area (Å²) in [7, 11) is 1.68. The van der Waals surface area contributed by atoms with Crippen LogP contribution in [0, 0.1) is 27.6 Å². The fourth-order valence-electron chi connectivity index (χ4n) is 8.42. The lowest BCUT2D eigenvalue weighted by Gasteiger charge is -2.22. The molecule has 4 nitrogen and oxygen atoms in total. The van der Waals surface area contributed by atoms with Crippen molar-refractivity contribution in [2.24, 2.45) is 0 Å². The van der Waals surface area contributed by atoms with Crippen molar-refractivity contribution in [2.75, 3.05) is 7.11 Å². The van der Waals surface area contributed by atoms with Crippen LogP contribution in [-0.4, -0.2) is 21.6 Å². The third-order valence-electron chi connectivity index (χ3n) is 11.5. The molecule has 2 aromatic heterocycles. The van der Waals surface area contributed by atoms with Gasteiger partial charge in [0.05, 0.1) is 35.1 Å². The molecule has 9 rings (SSSR count). The number of aromatic nitrogens is 3. The van der Waals surface area contributed by atoms with Gasteiger partial charge in [0.25, 0.3) is 0 Å². The van der Waals surface area contributed by atoms with Crippen LogP contribution in [0.3, 0.4) is 0 Å². The van der Waals surface area contributed by atoms with E-state index in [0.717, 1.165) is 89.2 Å². The van der Waals surface area contributed by atoms with Gasteiger partial charge in [0.15, 0.2) is 0 Å². The Labute approximate surface area is 368 Å². The molecule has 61 heavy (non-hydrogen) atoms. The summed E-state index contributed by atoms with van der Waals surface area (Å²) in [6.07, 6.45) is 1.79. The van der Waals surface area contributed by atoms with Gasteiger partial charge in [-0.25, -0.2) is 4.98 Å². The number of hydrogen-bond donors (Lipinski definition) is 0. The first-order valence-electron chi connectivity index (χ1n) is 23.6. The summed E-state index contributed by atoms with van der Waals surface area (Å²) < 4.78 is 58.3. The van der Waals surface area contributed by atoms with E-state index in [9.17, 15) is 0 Å². The van der Waals surface area contributed by atoms with E-state index < -0.39 is 13.7 Å². The average molecular weight is 800 g/mol. The summed E-state index contributed by atoms with van der Waals surface area (Å²) in [6.45, 7) is 6.11. The van der Waals surface area contributed by atoms with Gasteiger partial charge >= 0.3 is 0 Å². The van der Waals surface area contributed by atoms with Crippen LogP contribution in [0.2, 0.25) is 0 Å². The van der Waals surface area contributed by atoms with Crippen molar-refractivity contribution in [3.8, 4) is 78.6 Å². The first-order valence-corrected chi connectivity index (χ1v) is 20.6. The van der Waals surface area contributed by atoms with Crippen LogP contribution in [0.5, 0.6) is 5.75 Å². The van der Waals surface area contributed by atoms with Gasteiger partial charge in [-0.2, -0.15) is 0 Å². The summed E-state index contributed by atoms with van der Waals surface area (Å²) in [5.41, 5.74) is 15.0. The Morgan fingerprint density at radius 3 is 1.95 bits per heavy atom. The molecular weight excluding hydrogens is 743 g/mol. The lowest BCUT2D eigenvalue weighted by Crippen LogP contribution is -2.11. The van der Waals surface area contributed by atoms with Crippen molar-refractivity contribution in [3.63, 3.8) is 0 Å². The highest BCUT2D eigenvalue weighted by Gasteiger charge is 2.25. The minimum atomic E-state index is -2.41. The predicted octanol–water partition coefficient (Wildman–Crippen LogP) is 15.0. The van der Waals surface area contributed by atoms with E-state index in [1.165, 1.54) is 0 Å². The maximum Gasteiger partial charge on any atom is 0.149 e. The molecule has 0 saturated heterocycles. The van der Waals surface area contributed by atoms with Crippen molar-refractivity contribution in [2.45, 2.75) is 53.7 Å². The van der Waals surface area contributed by atoms with Gasteiger partial charge < -0.3 is 4.74 Å². The maximum absolute atomic E-state index is 8.80. The number of nitrogens with zero attached hydrogens (tertiary/aromatic N) is 3. The third kappa shape index (κ3) is 7.55. The molecule has 7 aromatic carbocycles. The summed E-state index contributed by atoms with van der Waals surface area (Å²) in [4.78, 5) is 10.5. The molecule has 0 bridgehead atoms. The van der Waals surface area contributed by atoms with E-state index in [0.29, 0.717) is 22.7 Å². The third-order valence-corrected chi connectivity index (χ3v) is 11.5. The molecule has 0 N–H and O–H groups in total. The molecule has 0 amide bonds. The van der Waals surface area contributed by atoms with Gasteiger partial charge in [0, 0.05) is 31.1 Å². The first-order chi connectivity index (χ1) is 31.9. The topological polar surface area (TPSA) is 39.9 Å². The zero-order valence-corrected chi connectivity index (χ0v) is 35.3. The fraction of sp³-hybridized carbons (Fsp3) is 0.158. The second kappa shape index (κ2) is 15.9. The standard InChI is InChI=1S/C57H51N3O/c1-36-22-24-40(25-23-36)43-26-27-58-51(34-43)45-31-44(32-46(33-45)57(5,6)7)47-20-15-21-52-54(47)59-56(50-29-37(2)28-39(4)55(50)61-8)60(52)53-35-48(41-16-11-9-12-17-41)38(3)30-49(53)42-18-13-10-14-19-42/h9-35H,1-8H3/i1D3,3D3. The summed E-state index contributed by atoms with van der Waals surface area (Å²) in [5.74, 6) is 1.35. The van der Waals surface area contributed by atoms with Crippen molar-refractivity contribution >= 4 is 11.0 Å². The normalized spacial score (nSPS) is 13.5. The lowest BCUT2D eigenvalue weighted by molar-refractivity contribution is 0.413. The Morgan fingerprint density at radius 2 is 1.26 bits per heavy atom. The van der Waals surface area contributed by atoms with Crippen LogP contribution in [0.4, 0.5) is 0 Å². The molecule has 0 atom stereocenters. The molecule has 0 unspecified atom stereocenters. The van der Waals surface area contributed by atoms with Crippen molar-refractivity contribution in [1.29, 1.82) is 0 Å². The zero-order valence-electron chi connectivity index (χ0n) is 41.3. The van der Waals surface area contributed by atoms with Gasteiger partial charge in [0.1, 0.15) is 11.6 Å². The van der Waals surface area contributed by atoms with E-state index in [4.69, 9.17) is 22.9 Å². The second-order valence-electron chi connectivity index (χ2n) is 16.8. The van der Waals surface area contributed by atoms with Crippen LogP contribution < -0.4 is 4.74 Å². The highest BCUT2D eigenvalue weighted by atomic mass is 16.5. The van der Waals surface area contributed by atoms with Crippen LogP contribution >= 0.6 is 0 Å². The molecule has 9 aromatic rings. The molecule has 0 aliphatic carbocycles. The lowest BCUT2D eigenvalue weighted by atomic mass is 9.83. The number of benzene rings is 7. The first kappa shape index (κ1) is 32.8. The Bertz CT molecular complexity index is 3290. The summed E-state index contributed by atoms with van der Waals surface area (Å²) in [5, 5.41) is 0. The van der Waals surface area contributed by atoms with E-state index in [1.54, 1.807) is 25.4 Å². The van der Waals surface area contributed by atoms with Crippen molar-refractivity contribution in [3.05, 3.63) is 192 Å². The van der Waals surface area contributed by atoms with Crippen LogP contribution in [-0.2, 0) is 5.41 Å². The van der Waals surface area contributed by atoms with Gasteiger partial charge in [-0.3, -0.25) is 9.55 Å². The maximum atomic E-state index is 8.80. The van der Waals surface area contributed by atoms with Gasteiger partial charge in [-0.1, -0.05) is 136 Å². The van der Waals surface area contributed by atoms with Crippen LogP contribution in [0.1, 0.15) is 56.8 Å². The number of aryl methyl sites for hydroxylation is 4. The molecule has 0 fully saturated rings. The van der Waals surface area contributed by atoms with E-state index in [-0.39, 0.29) is 11.0 Å². The fourth-order valence-corrected chi connectivity index (χ4v) is 8.42. The quantitative estimate of drug-likeness (QED) is 0.154. The zero-order chi connectivity index (χ0) is 47.4. The monoisotopic (exact) mass is 799 g/mol. The molecule has 4 heteroatoms. The van der Waals surface area contributed by atoms with E-state index >= 15 is 0 Å². The number of hydrogen-bond acceptors (Lipinski definition) is 3. The number of rotatable bonds is 8. The highest BCUT2D eigenvalue weighted by Crippen LogP contribution is 2.44. The second-order valence-corrected chi connectivity index (χ2v) is 16.8. The van der Waals surface area contributed by atoms with E-state index in [1.807, 2.05) is 104 Å². The smallest absolute Gasteiger partial charge is 0.149 e. The average Bonchev–Trinajstić information content (AvgIpc) is 3.70. The molecule has 0 spiro atoms. The molecule has 0 aliphatic rings. The molecule has 0 saturated carbocycles. The predicted molar refractivity (Wildman–Crippen MR) is 256 cm³/mol. The molecule has 0 aliphatic heterocycles. The van der Waals surface area contributed by atoms with Gasteiger partial charge in [-0.05, 0) is 137 Å². The Kier molecular flexibility index (Phi) is 8.52. The molecule has 300 valence electrons. The number of imidazole rings is 1. The van der Waals surface area contributed by atoms with Crippen LogP contribution in [0.15, 0.2) is 164 Å². The number of para-hydroxylation sites is 1. The Balaban J connectivity index is 1.34.